The highest BCUT2D eigenvalue weighted by Gasteiger charge is 2.28. The molecule has 0 radical (unpaired) electrons. The summed E-state index contributed by atoms with van der Waals surface area (Å²) >= 11 is 0. The third-order valence-electron chi connectivity index (χ3n) is 3.91. The molecule has 2 heteroatoms. The van der Waals surface area contributed by atoms with Crippen LogP contribution >= 0.6 is 0 Å². The molecule has 0 saturated carbocycles. The van der Waals surface area contributed by atoms with Crippen molar-refractivity contribution in [1.82, 2.24) is 5.32 Å². The Morgan fingerprint density at radius 1 is 1.28 bits per heavy atom. The number of aryl methyl sites for hydroxylation is 2. The zero-order chi connectivity index (χ0) is 13.1. The molecule has 1 saturated heterocycles. The van der Waals surface area contributed by atoms with Gasteiger partial charge in [0.05, 0.1) is 12.7 Å². The van der Waals surface area contributed by atoms with Crippen LogP contribution < -0.4 is 5.32 Å². The number of rotatable bonds is 4. The molecule has 1 aliphatic heterocycles. The van der Waals surface area contributed by atoms with Crippen molar-refractivity contribution in [1.29, 1.82) is 0 Å². The molecule has 1 aromatic rings. The lowest BCUT2D eigenvalue weighted by Gasteiger charge is -2.22. The predicted octanol–water partition coefficient (Wildman–Crippen LogP) is 2.86. The van der Waals surface area contributed by atoms with E-state index in [-0.39, 0.29) is 0 Å². The van der Waals surface area contributed by atoms with Crippen LogP contribution in [0.3, 0.4) is 0 Å². The molecule has 100 valence electrons. The van der Waals surface area contributed by atoms with Gasteiger partial charge >= 0.3 is 0 Å². The van der Waals surface area contributed by atoms with Gasteiger partial charge in [-0.1, -0.05) is 29.3 Å². The maximum absolute atomic E-state index is 5.69. The van der Waals surface area contributed by atoms with Gasteiger partial charge in [-0.3, -0.25) is 0 Å². The molecular weight excluding hydrogens is 222 g/mol. The minimum Gasteiger partial charge on any atom is -0.378 e. The Kier molecular flexibility index (Phi) is 4.41. The molecule has 2 nitrogen and oxygen atoms in total. The Hall–Kier alpha value is -0.860. The first-order valence-corrected chi connectivity index (χ1v) is 6.94. The summed E-state index contributed by atoms with van der Waals surface area (Å²) in [6.07, 6.45) is 2.70. The fourth-order valence-electron chi connectivity index (χ4n) is 3.08. The van der Waals surface area contributed by atoms with Gasteiger partial charge in [0.15, 0.2) is 0 Å². The zero-order valence-corrected chi connectivity index (χ0v) is 12.0. The van der Waals surface area contributed by atoms with Crippen LogP contribution in [0.25, 0.3) is 0 Å². The Balaban J connectivity index is 2.05. The van der Waals surface area contributed by atoms with Gasteiger partial charge in [0.2, 0.25) is 0 Å². The molecule has 1 heterocycles. The van der Waals surface area contributed by atoms with Gasteiger partial charge in [0, 0.05) is 12.0 Å². The van der Waals surface area contributed by atoms with Crippen molar-refractivity contribution in [3.05, 3.63) is 34.9 Å². The van der Waals surface area contributed by atoms with E-state index in [2.05, 4.69) is 51.3 Å². The molecule has 1 aromatic carbocycles. The van der Waals surface area contributed by atoms with E-state index in [9.17, 15) is 0 Å². The van der Waals surface area contributed by atoms with Crippen molar-refractivity contribution in [2.24, 2.45) is 5.92 Å². The largest absolute Gasteiger partial charge is 0.378 e. The summed E-state index contributed by atoms with van der Waals surface area (Å²) in [6.45, 7) is 7.41. The zero-order valence-electron chi connectivity index (χ0n) is 12.0. The molecule has 1 N–H and O–H groups in total. The lowest BCUT2D eigenvalue weighted by molar-refractivity contribution is 0.117. The molecule has 18 heavy (non-hydrogen) atoms. The van der Waals surface area contributed by atoms with Gasteiger partial charge in [-0.2, -0.15) is 0 Å². The first-order chi connectivity index (χ1) is 8.58. The molecule has 3 unspecified atom stereocenters. The van der Waals surface area contributed by atoms with Crippen LogP contribution in [0.5, 0.6) is 0 Å². The SMILES string of the molecule is CNC(Cc1cc(C)cc(C)c1)C1COC(C)C1. The summed E-state index contributed by atoms with van der Waals surface area (Å²) in [4.78, 5) is 0. The third-order valence-corrected chi connectivity index (χ3v) is 3.91. The fraction of sp³-hybridized carbons (Fsp3) is 0.625. The summed E-state index contributed by atoms with van der Waals surface area (Å²) in [7, 11) is 2.07. The predicted molar refractivity (Wildman–Crippen MR) is 76.0 cm³/mol. The van der Waals surface area contributed by atoms with Crippen molar-refractivity contribution in [2.45, 2.75) is 45.8 Å². The van der Waals surface area contributed by atoms with Crippen molar-refractivity contribution in [2.75, 3.05) is 13.7 Å². The van der Waals surface area contributed by atoms with Crippen LogP contribution in [0.2, 0.25) is 0 Å². The van der Waals surface area contributed by atoms with E-state index in [1.54, 1.807) is 0 Å². The van der Waals surface area contributed by atoms with Crippen LogP contribution in [0, 0.1) is 19.8 Å². The van der Waals surface area contributed by atoms with Gasteiger partial charge in [0.25, 0.3) is 0 Å². The maximum atomic E-state index is 5.69. The number of hydrogen-bond acceptors (Lipinski definition) is 2. The minimum absolute atomic E-state index is 0.421. The summed E-state index contributed by atoms with van der Waals surface area (Å²) in [6, 6.07) is 7.36. The Morgan fingerprint density at radius 2 is 1.94 bits per heavy atom. The normalized spacial score (nSPS) is 25.3. The van der Waals surface area contributed by atoms with Gasteiger partial charge in [-0.05, 0) is 46.2 Å². The second kappa shape index (κ2) is 5.85. The molecule has 0 aromatic heterocycles. The van der Waals surface area contributed by atoms with Crippen molar-refractivity contribution in [3.63, 3.8) is 0 Å². The van der Waals surface area contributed by atoms with Crippen LogP contribution in [0.15, 0.2) is 18.2 Å². The third kappa shape index (κ3) is 3.33. The highest BCUT2D eigenvalue weighted by molar-refractivity contribution is 5.29. The summed E-state index contributed by atoms with van der Waals surface area (Å²) in [5.74, 6) is 0.644. The van der Waals surface area contributed by atoms with E-state index < -0.39 is 0 Å². The fourth-order valence-corrected chi connectivity index (χ4v) is 3.08. The minimum atomic E-state index is 0.421. The van der Waals surface area contributed by atoms with Gasteiger partial charge in [-0.15, -0.1) is 0 Å². The smallest absolute Gasteiger partial charge is 0.0551 e. The molecule has 2 rings (SSSR count). The monoisotopic (exact) mass is 247 g/mol. The number of hydrogen-bond donors (Lipinski definition) is 1. The van der Waals surface area contributed by atoms with E-state index in [4.69, 9.17) is 4.74 Å². The van der Waals surface area contributed by atoms with Gasteiger partial charge in [0.1, 0.15) is 0 Å². The van der Waals surface area contributed by atoms with Crippen LogP contribution in [0.1, 0.15) is 30.0 Å². The molecule has 3 atom stereocenters. The van der Waals surface area contributed by atoms with E-state index in [1.807, 2.05) is 0 Å². The molecule has 0 spiro atoms. The van der Waals surface area contributed by atoms with Crippen molar-refractivity contribution in [3.8, 4) is 0 Å². The average molecular weight is 247 g/mol. The Bertz CT molecular complexity index is 382. The second-order valence-corrected chi connectivity index (χ2v) is 5.73. The average Bonchev–Trinajstić information content (AvgIpc) is 2.71. The van der Waals surface area contributed by atoms with Crippen LogP contribution in [-0.2, 0) is 11.2 Å². The van der Waals surface area contributed by atoms with E-state index in [0.717, 1.165) is 13.0 Å². The Morgan fingerprint density at radius 3 is 2.44 bits per heavy atom. The van der Waals surface area contributed by atoms with Crippen molar-refractivity contribution >= 4 is 0 Å². The second-order valence-electron chi connectivity index (χ2n) is 5.73. The molecule has 1 aliphatic rings. The first kappa shape index (κ1) is 13.6. The first-order valence-electron chi connectivity index (χ1n) is 6.94. The summed E-state index contributed by atoms with van der Waals surface area (Å²) in [5, 5.41) is 3.47. The van der Waals surface area contributed by atoms with E-state index in [0.29, 0.717) is 18.1 Å². The van der Waals surface area contributed by atoms with E-state index in [1.165, 1.54) is 23.1 Å². The highest BCUT2D eigenvalue weighted by Crippen LogP contribution is 2.24. The number of nitrogens with one attached hydrogen (secondary N) is 1. The quantitative estimate of drug-likeness (QED) is 0.883. The molecule has 1 fully saturated rings. The summed E-state index contributed by atoms with van der Waals surface area (Å²) < 4.78 is 5.69. The standard InChI is InChI=1S/C16H25NO/c1-11-5-12(2)7-14(6-11)9-16(17-4)15-8-13(3)18-10-15/h5-7,13,15-17H,8-10H2,1-4H3. The molecular formula is C16H25NO. The van der Waals surface area contributed by atoms with Crippen LogP contribution in [-0.4, -0.2) is 25.8 Å². The van der Waals surface area contributed by atoms with Crippen LogP contribution in [0.4, 0.5) is 0 Å². The lowest BCUT2D eigenvalue weighted by atomic mass is 9.90. The van der Waals surface area contributed by atoms with Crippen molar-refractivity contribution < 1.29 is 4.74 Å². The number of likely N-dealkylation sites (N-methyl/N-ethyl adjacent to an activating group) is 1. The lowest BCUT2D eigenvalue weighted by Crippen LogP contribution is -2.36. The number of ether oxygens (including phenoxy) is 1. The number of benzene rings is 1. The molecule has 0 aliphatic carbocycles. The topological polar surface area (TPSA) is 21.3 Å². The van der Waals surface area contributed by atoms with Gasteiger partial charge in [-0.25, -0.2) is 0 Å². The van der Waals surface area contributed by atoms with Gasteiger partial charge < -0.3 is 10.1 Å². The molecule has 0 amide bonds. The molecule has 0 bridgehead atoms. The van der Waals surface area contributed by atoms with E-state index >= 15 is 0 Å². The highest BCUT2D eigenvalue weighted by atomic mass is 16.5. The summed E-state index contributed by atoms with van der Waals surface area (Å²) in [5.41, 5.74) is 4.15. The Labute approximate surface area is 111 Å². The maximum Gasteiger partial charge on any atom is 0.0551 e.